The summed E-state index contributed by atoms with van der Waals surface area (Å²) in [5.41, 5.74) is -0.211. The lowest BCUT2D eigenvalue weighted by atomic mass is 10.3. The predicted molar refractivity (Wildman–Crippen MR) is 37.4 cm³/mol. The van der Waals surface area contributed by atoms with Gasteiger partial charge in [0, 0.05) is 0 Å². The van der Waals surface area contributed by atoms with Crippen molar-refractivity contribution < 1.29 is 19.6 Å². The molecule has 1 aromatic rings. The number of aromatic nitrogens is 2. The number of hydrogen-bond donors (Lipinski definition) is 3. The summed E-state index contributed by atoms with van der Waals surface area (Å²) in [6.07, 6.45) is 1.13. The Morgan fingerprint density at radius 2 is 2.23 bits per heavy atom. The van der Waals surface area contributed by atoms with E-state index in [1.165, 1.54) is 0 Å². The monoisotopic (exact) mass is 184 g/mol. The second-order valence-corrected chi connectivity index (χ2v) is 2.44. The van der Waals surface area contributed by atoms with Crippen LogP contribution < -0.4 is 5.32 Å². The molecule has 0 saturated carbocycles. The number of carbonyl (C=O) groups excluding carboxylic acids is 2. The van der Waals surface area contributed by atoms with Crippen LogP contribution in [0.15, 0.2) is 6.33 Å². The van der Waals surface area contributed by atoms with Crippen molar-refractivity contribution in [2.75, 3.05) is 5.32 Å². The molecule has 3 amide bonds. The highest BCUT2D eigenvalue weighted by atomic mass is 16.9. The summed E-state index contributed by atoms with van der Waals surface area (Å²) >= 11 is 0. The van der Waals surface area contributed by atoms with E-state index in [4.69, 9.17) is 5.21 Å². The van der Waals surface area contributed by atoms with Gasteiger partial charge < -0.3 is 10.2 Å². The second kappa shape index (κ2) is 2.13. The van der Waals surface area contributed by atoms with Crippen LogP contribution in [-0.2, 0) is 0 Å². The number of amides is 3. The first-order chi connectivity index (χ1) is 6.03. The fourth-order valence-electron chi connectivity index (χ4n) is 0.973. The third-order valence-corrected chi connectivity index (χ3v) is 1.63. The van der Waals surface area contributed by atoms with E-state index in [9.17, 15) is 14.8 Å². The van der Waals surface area contributed by atoms with Crippen molar-refractivity contribution in [3.05, 3.63) is 17.2 Å². The number of anilines is 1. The lowest BCUT2D eigenvalue weighted by Gasteiger charge is -2.29. The van der Waals surface area contributed by atoms with Crippen molar-refractivity contribution in [1.29, 1.82) is 0 Å². The van der Waals surface area contributed by atoms with Gasteiger partial charge >= 0.3 is 11.9 Å². The molecule has 3 N–H and O–H groups in total. The van der Waals surface area contributed by atoms with Gasteiger partial charge in [0.2, 0.25) is 0 Å². The number of hydrogen-bond acceptors (Lipinski definition) is 5. The fraction of sp³-hybridized carbons (Fsp3) is 0. The van der Waals surface area contributed by atoms with Crippen molar-refractivity contribution in [2.45, 2.75) is 0 Å². The Morgan fingerprint density at radius 1 is 1.54 bits per heavy atom. The third-order valence-electron chi connectivity index (χ3n) is 1.63. The minimum atomic E-state index is -2.59. The van der Waals surface area contributed by atoms with Crippen LogP contribution in [0.2, 0.25) is 0 Å². The van der Waals surface area contributed by atoms with Crippen LogP contribution in [-0.4, -0.2) is 31.9 Å². The molecule has 1 unspecified atom stereocenters. The number of nitrogens with one attached hydrogen (secondary N) is 2. The summed E-state index contributed by atoms with van der Waals surface area (Å²) < 4.78 is 0. The first-order valence-corrected chi connectivity index (χ1v) is 3.26. The third kappa shape index (κ3) is 0.869. The zero-order valence-corrected chi connectivity index (χ0v) is 6.14. The molecule has 1 aromatic heterocycles. The highest BCUT2D eigenvalue weighted by Crippen LogP contribution is 2.22. The number of imidazole rings is 1. The van der Waals surface area contributed by atoms with Crippen molar-refractivity contribution in [2.24, 2.45) is 0 Å². The van der Waals surface area contributed by atoms with Gasteiger partial charge in [-0.15, -0.1) is 0 Å². The Morgan fingerprint density at radius 3 is 2.92 bits per heavy atom. The second-order valence-electron chi connectivity index (χ2n) is 2.44. The maximum atomic E-state index is 11.1. The van der Waals surface area contributed by atoms with E-state index in [0.717, 1.165) is 6.33 Å². The van der Waals surface area contributed by atoms with E-state index in [2.05, 4.69) is 9.97 Å². The summed E-state index contributed by atoms with van der Waals surface area (Å²) in [7, 11) is 0. The molecule has 2 heterocycles. The van der Waals surface area contributed by atoms with Crippen LogP contribution in [0.1, 0.15) is 10.5 Å². The smallest absolute Gasteiger partial charge is 0.463 e. The summed E-state index contributed by atoms with van der Waals surface area (Å²) in [5, 5.41) is 21.7. The van der Waals surface area contributed by atoms with Gasteiger partial charge in [0.15, 0.2) is 11.5 Å². The van der Waals surface area contributed by atoms with Crippen LogP contribution in [0.5, 0.6) is 0 Å². The van der Waals surface area contributed by atoms with E-state index < -0.39 is 16.7 Å². The number of aromatic amines is 1. The highest BCUT2D eigenvalue weighted by Gasteiger charge is 2.45. The van der Waals surface area contributed by atoms with Crippen molar-refractivity contribution in [3.8, 4) is 0 Å². The maximum absolute atomic E-state index is 11.1. The molecule has 1 atom stereocenters. The standard InChI is InChI=1S/C5H4N4O4/c10-4-2-3(7-1-6-2)8-5(11)9(4,12)13/h1,12H,(H,6,7)(H,8,11). The molecule has 0 spiro atoms. The van der Waals surface area contributed by atoms with Crippen molar-refractivity contribution in [1.82, 2.24) is 9.97 Å². The molecule has 0 bridgehead atoms. The van der Waals surface area contributed by atoms with Gasteiger partial charge in [0.05, 0.1) is 6.33 Å². The molecule has 0 aliphatic carbocycles. The number of H-pyrrole nitrogens is 1. The molecule has 0 radical (unpaired) electrons. The van der Waals surface area contributed by atoms with E-state index >= 15 is 0 Å². The Balaban J connectivity index is 2.59. The average Bonchev–Trinajstić information content (AvgIpc) is 2.49. The summed E-state index contributed by atoms with van der Waals surface area (Å²) in [5.74, 6) is -1.33. The Labute approximate surface area is 70.9 Å². The highest BCUT2D eigenvalue weighted by molar-refractivity contribution is 6.06. The molecule has 2 rings (SSSR count). The molecule has 0 saturated heterocycles. The van der Waals surface area contributed by atoms with Gasteiger partial charge in [-0.25, -0.2) is 14.6 Å². The number of quaternary nitrogens is 1. The quantitative estimate of drug-likeness (QED) is 0.293. The molecule has 1 aliphatic heterocycles. The van der Waals surface area contributed by atoms with Crippen LogP contribution in [0.25, 0.3) is 0 Å². The average molecular weight is 184 g/mol. The minimum Gasteiger partial charge on any atom is -0.582 e. The zero-order valence-electron chi connectivity index (χ0n) is 6.14. The normalized spacial score (nSPS) is 26.9. The molecule has 1 aliphatic rings. The zero-order chi connectivity index (χ0) is 9.64. The lowest BCUT2D eigenvalue weighted by molar-refractivity contribution is -0.924. The van der Waals surface area contributed by atoms with Gasteiger partial charge in [-0.1, -0.05) is 4.81 Å². The number of fused-ring (bicyclic) bond motifs is 1. The van der Waals surface area contributed by atoms with Gasteiger partial charge in [0.25, 0.3) is 0 Å². The molecule has 68 valence electrons. The Bertz CT molecular complexity index is 395. The van der Waals surface area contributed by atoms with Gasteiger partial charge in [-0.2, -0.15) is 5.21 Å². The largest absolute Gasteiger partial charge is 0.582 e. The van der Waals surface area contributed by atoms with Gasteiger partial charge in [-0.05, 0) is 0 Å². The molecule has 0 fully saturated rings. The molecule has 13 heavy (non-hydrogen) atoms. The topological polar surface area (TPSA) is 118 Å². The number of rotatable bonds is 0. The Kier molecular flexibility index (Phi) is 1.29. The molecule has 8 heteroatoms. The van der Waals surface area contributed by atoms with Crippen molar-refractivity contribution >= 4 is 17.8 Å². The summed E-state index contributed by atoms with van der Waals surface area (Å²) in [6, 6.07) is -1.37. The summed E-state index contributed by atoms with van der Waals surface area (Å²) in [4.78, 5) is 25.2. The SMILES string of the molecule is O=C1Nc2nc[nH]c2C(=O)[N+]1([O-])O. The summed E-state index contributed by atoms with van der Waals surface area (Å²) in [6.45, 7) is 0. The molecule has 0 aromatic carbocycles. The van der Waals surface area contributed by atoms with Crippen LogP contribution in [0.4, 0.5) is 10.6 Å². The van der Waals surface area contributed by atoms with Crippen LogP contribution >= 0.6 is 0 Å². The Hall–Kier alpha value is -1.77. The van der Waals surface area contributed by atoms with Crippen LogP contribution in [0.3, 0.4) is 0 Å². The van der Waals surface area contributed by atoms with Crippen LogP contribution in [0, 0.1) is 5.21 Å². The van der Waals surface area contributed by atoms with Crippen molar-refractivity contribution in [3.63, 3.8) is 0 Å². The first-order valence-electron chi connectivity index (χ1n) is 3.26. The van der Waals surface area contributed by atoms with E-state index in [1.54, 1.807) is 0 Å². The number of imide groups is 1. The first kappa shape index (κ1) is 7.86. The van der Waals surface area contributed by atoms with E-state index in [1.807, 2.05) is 5.32 Å². The minimum absolute atomic E-state index is 0.0475. The number of nitrogens with zero attached hydrogens (tertiary/aromatic N) is 2. The lowest BCUT2D eigenvalue weighted by Crippen LogP contribution is -2.55. The van der Waals surface area contributed by atoms with Gasteiger partial charge in [0.1, 0.15) is 0 Å². The predicted octanol–water partition coefficient (Wildman–Crippen LogP) is -0.201. The van der Waals surface area contributed by atoms with Gasteiger partial charge in [-0.3, -0.25) is 5.32 Å². The fourth-order valence-corrected chi connectivity index (χ4v) is 0.973. The number of carbonyl (C=O) groups is 2. The maximum Gasteiger partial charge on any atom is 0.463 e. The van der Waals surface area contributed by atoms with E-state index in [-0.39, 0.29) is 11.5 Å². The molecule has 8 nitrogen and oxygen atoms in total. The number of hydroxylamine groups is 4. The molecular formula is C5H4N4O4. The number of urea groups is 1. The molecular weight excluding hydrogens is 180 g/mol. The van der Waals surface area contributed by atoms with E-state index in [0.29, 0.717) is 0 Å².